The van der Waals surface area contributed by atoms with Gasteiger partial charge < -0.3 is 20.1 Å². The van der Waals surface area contributed by atoms with Crippen LogP contribution in [0.3, 0.4) is 0 Å². The molecule has 0 aromatic heterocycles. The molecule has 2 N–H and O–H groups in total. The zero-order valence-electron chi connectivity index (χ0n) is 20.0. The van der Waals surface area contributed by atoms with Crippen LogP contribution in [-0.2, 0) is 12.8 Å². The first-order valence-electron chi connectivity index (χ1n) is 12.5. The Morgan fingerprint density at radius 2 is 1.86 bits per heavy atom. The van der Waals surface area contributed by atoms with E-state index in [0.717, 1.165) is 37.4 Å². The Labute approximate surface area is 217 Å². The Morgan fingerprint density at radius 3 is 2.60 bits per heavy atom. The van der Waals surface area contributed by atoms with Gasteiger partial charge in [-0.25, -0.2) is 0 Å². The Morgan fingerprint density at radius 1 is 1.03 bits per heavy atom. The summed E-state index contributed by atoms with van der Waals surface area (Å²) in [6.45, 7) is 4.07. The number of piperidine rings is 1. The highest BCUT2D eigenvalue weighted by Gasteiger charge is 2.29. The number of hydrogen-bond acceptors (Lipinski definition) is 4. The van der Waals surface area contributed by atoms with E-state index in [-0.39, 0.29) is 12.1 Å². The molecule has 2 aliphatic heterocycles. The van der Waals surface area contributed by atoms with E-state index in [9.17, 15) is 5.11 Å². The topological polar surface area (TPSA) is 44.7 Å². The Hall–Kier alpha value is -2.40. The van der Waals surface area contributed by atoms with E-state index >= 15 is 0 Å². The average Bonchev–Trinajstić information content (AvgIpc) is 2.87. The molecule has 3 atom stereocenters. The minimum Gasteiger partial charge on any atom is -0.508 e. The number of phenols is 1. The lowest BCUT2D eigenvalue weighted by Gasteiger charge is -2.39. The molecule has 35 heavy (non-hydrogen) atoms. The van der Waals surface area contributed by atoms with Crippen LogP contribution in [-0.4, -0.2) is 30.3 Å². The number of phenolic OH excluding ortho intramolecular Hbond substituents is 1. The van der Waals surface area contributed by atoms with E-state index in [4.69, 9.17) is 27.9 Å². The van der Waals surface area contributed by atoms with Gasteiger partial charge in [0, 0.05) is 18.3 Å². The Bertz CT molecular complexity index is 1160. The largest absolute Gasteiger partial charge is 0.508 e. The molecule has 0 saturated carbocycles. The van der Waals surface area contributed by atoms with E-state index in [1.165, 1.54) is 36.0 Å². The maximum absolute atomic E-state index is 10.0. The van der Waals surface area contributed by atoms with Crippen molar-refractivity contribution in [2.75, 3.05) is 18.0 Å². The molecular formula is C29H32Cl2N2O2. The Kier molecular flexibility index (Phi) is 7.43. The van der Waals surface area contributed by atoms with Gasteiger partial charge in [0.15, 0.2) is 0 Å². The van der Waals surface area contributed by atoms with Gasteiger partial charge in [-0.2, -0.15) is 0 Å². The third-order valence-corrected chi connectivity index (χ3v) is 8.05. The maximum atomic E-state index is 10.0. The number of nitrogens with zero attached hydrogens (tertiary/aromatic N) is 1. The average molecular weight is 511 g/mol. The zero-order chi connectivity index (χ0) is 24.4. The van der Waals surface area contributed by atoms with Crippen LogP contribution in [0.5, 0.6) is 11.5 Å². The summed E-state index contributed by atoms with van der Waals surface area (Å²) < 4.78 is 6.26. The highest BCUT2D eigenvalue weighted by molar-refractivity contribution is 6.42. The van der Waals surface area contributed by atoms with Crippen molar-refractivity contribution in [1.82, 2.24) is 5.32 Å². The number of nitrogens with one attached hydrogen (secondary N) is 1. The van der Waals surface area contributed by atoms with Crippen molar-refractivity contribution < 1.29 is 9.84 Å². The molecule has 0 bridgehead atoms. The molecule has 1 fully saturated rings. The number of aromatic hydroxyl groups is 1. The lowest BCUT2D eigenvalue weighted by Crippen LogP contribution is -2.44. The molecule has 0 amide bonds. The summed E-state index contributed by atoms with van der Waals surface area (Å²) in [5, 5.41) is 14.7. The molecule has 2 heterocycles. The van der Waals surface area contributed by atoms with Crippen molar-refractivity contribution in [2.45, 2.75) is 57.2 Å². The van der Waals surface area contributed by atoms with Crippen LogP contribution in [0.25, 0.3) is 0 Å². The molecular weight excluding hydrogens is 479 g/mol. The molecule has 3 unspecified atom stereocenters. The molecule has 0 aliphatic carbocycles. The van der Waals surface area contributed by atoms with Crippen LogP contribution in [0.2, 0.25) is 10.0 Å². The van der Waals surface area contributed by atoms with Crippen LogP contribution >= 0.6 is 23.2 Å². The monoisotopic (exact) mass is 510 g/mol. The molecule has 3 aromatic carbocycles. The van der Waals surface area contributed by atoms with E-state index < -0.39 is 0 Å². The van der Waals surface area contributed by atoms with Gasteiger partial charge in [0.2, 0.25) is 0 Å². The lowest BCUT2D eigenvalue weighted by atomic mass is 9.88. The van der Waals surface area contributed by atoms with E-state index in [2.05, 4.69) is 47.5 Å². The summed E-state index contributed by atoms with van der Waals surface area (Å²) in [7, 11) is 0. The van der Waals surface area contributed by atoms with Gasteiger partial charge in [-0.05, 0) is 98.3 Å². The number of ether oxygens (including phenoxy) is 1. The summed E-state index contributed by atoms with van der Waals surface area (Å²) in [4.78, 5) is 2.39. The number of rotatable bonds is 6. The fourth-order valence-corrected chi connectivity index (χ4v) is 5.69. The quantitative estimate of drug-likeness (QED) is 0.376. The highest BCUT2D eigenvalue weighted by Crippen LogP contribution is 2.39. The first kappa shape index (κ1) is 24.3. The SMILES string of the molecule is CC(Oc1ccc(CC2c3ccc(O)cc3CCN2c2ccc(Cl)c(Cl)c2)cc1)C1CCCCN1. The van der Waals surface area contributed by atoms with E-state index in [1.54, 1.807) is 6.07 Å². The number of anilines is 1. The van der Waals surface area contributed by atoms with Crippen molar-refractivity contribution in [3.8, 4) is 11.5 Å². The van der Waals surface area contributed by atoms with Crippen molar-refractivity contribution in [3.63, 3.8) is 0 Å². The standard InChI is InChI=1S/C29H32Cl2N2O2/c1-19(28-4-2-3-14-32-28)35-24-9-5-20(6-10-24)16-29-25-11-8-23(34)17-21(25)13-15-33(29)22-7-12-26(30)27(31)18-22/h5-12,17-19,28-29,32,34H,2-4,13-16H2,1H3. The van der Waals surface area contributed by atoms with Gasteiger partial charge in [0.05, 0.1) is 16.1 Å². The lowest BCUT2D eigenvalue weighted by molar-refractivity contribution is 0.152. The van der Waals surface area contributed by atoms with Gasteiger partial charge >= 0.3 is 0 Å². The van der Waals surface area contributed by atoms with Crippen LogP contribution in [0.15, 0.2) is 60.7 Å². The fourth-order valence-electron chi connectivity index (χ4n) is 5.39. The molecule has 2 aliphatic rings. The number of benzene rings is 3. The van der Waals surface area contributed by atoms with Gasteiger partial charge in [-0.15, -0.1) is 0 Å². The molecule has 6 heteroatoms. The van der Waals surface area contributed by atoms with Crippen molar-refractivity contribution in [1.29, 1.82) is 0 Å². The van der Waals surface area contributed by atoms with Gasteiger partial charge in [0.25, 0.3) is 0 Å². The van der Waals surface area contributed by atoms with Gasteiger partial charge in [0.1, 0.15) is 17.6 Å². The minimum atomic E-state index is 0.119. The first-order chi connectivity index (χ1) is 17.0. The minimum absolute atomic E-state index is 0.119. The van der Waals surface area contributed by atoms with Gasteiger partial charge in [-0.3, -0.25) is 0 Å². The van der Waals surface area contributed by atoms with Crippen LogP contribution < -0.4 is 15.0 Å². The molecule has 1 saturated heterocycles. The van der Waals surface area contributed by atoms with Crippen molar-refractivity contribution in [2.24, 2.45) is 0 Å². The predicted molar refractivity (Wildman–Crippen MR) is 144 cm³/mol. The molecule has 0 radical (unpaired) electrons. The third-order valence-electron chi connectivity index (χ3n) is 7.31. The molecule has 4 nitrogen and oxygen atoms in total. The second kappa shape index (κ2) is 10.7. The van der Waals surface area contributed by atoms with Crippen LogP contribution in [0.4, 0.5) is 5.69 Å². The zero-order valence-corrected chi connectivity index (χ0v) is 21.5. The van der Waals surface area contributed by atoms with E-state index in [0.29, 0.717) is 21.8 Å². The normalized spacial score (nSPS) is 20.8. The Balaban J connectivity index is 1.37. The second-order valence-electron chi connectivity index (χ2n) is 9.67. The van der Waals surface area contributed by atoms with Crippen LogP contribution in [0.1, 0.15) is 48.9 Å². The number of fused-ring (bicyclic) bond motifs is 1. The summed E-state index contributed by atoms with van der Waals surface area (Å²) in [6.07, 6.45) is 5.52. The van der Waals surface area contributed by atoms with Crippen LogP contribution in [0, 0.1) is 0 Å². The smallest absolute Gasteiger partial charge is 0.119 e. The highest BCUT2D eigenvalue weighted by atomic mass is 35.5. The second-order valence-corrected chi connectivity index (χ2v) is 10.5. The van der Waals surface area contributed by atoms with Crippen molar-refractivity contribution >= 4 is 28.9 Å². The predicted octanol–water partition coefficient (Wildman–Crippen LogP) is 6.95. The van der Waals surface area contributed by atoms with Gasteiger partial charge in [-0.1, -0.05) is 47.8 Å². The van der Waals surface area contributed by atoms with E-state index in [1.807, 2.05) is 24.3 Å². The number of hydrogen-bond donors (Lipinski definition) is 2. The fraction of sp³-hybridized carbons (Fsp3) is 0.379. The summed E-state index contributed by atoms with van der Waals surface area (Å²) in [6, 6.07) is 20.6. The summed E-state index contributed by atoms with van der Waals surface area (Å²) in [5.41, 5.74) is 4.71. The molecule has 3 aromatic rings. The van der Waals surface area contributed by atoms with Crippen molar-refractivity contribution in [3.05, 3.63) is 87.4 Å². The summed E-state index contributed by atoms with van der Waals surface area (Å²) >= 11 is 12.6. The maximum Gasteiger partial charge on any atom is 0.119 e. The third kappa shape index (κ3) is 5.55. The molecule has 5 rings (SSSR count). The summed E-state index contributed by atoms with van der Waals surface area (Å²) in [5.74, 6) is 1.22. The number of halogens is 2. The molecule has 184 valence electrons. The first-order valence-corrected chi connectivity index (χ1v) is 13.3. The molecule has 0 spiro atoms.